The monoisotopic (exact) mass is 407 g/mol. The van der Waals surface area contributed by atoms with Gasteiger partial charge in [-0.3, -0.25) is 14.4 Å². The molecule has 1 aliphatic rings. The van der Waals surface area contributed by atoms with Crippen LogP contribution in [0.4, 0.5) is 10.1 Å². The molecule has 1 saturated heterocycles. The van der Waals surface area contributed by atoms with Crippen LogP contribution in [0, 0.1) is 5.82 Å². The van der Waals surface area contributed by atoms with Gasteiger partial charge in [0, 0.05) is 37.4 Å². The zero-order valence-electron chi connectivity index (χ0n) is 15.2. The minimum atomic E-state index is -3.82. The molecule has 0 radical (unpaired) electrons. The smallest absolute Gasteiger partial charge is 0.261 e. The van der Waals surface area contributed by atoms with Crippen molar-refractivity contribution in [2.45, 2.75) is 4.90 Å². The fraction of sp³-hybridized carbons (Fsp3) is 0.316. The van der Waals surface area contributed by atoms with E-state index in [9.17, 15) is 17.6 Å². The van der Waals surface area contributed by atoms with Gasteiger partial charge in [-0.05, 0) is 48.5 Å². The van der Waals surface area contributed by atoms with E-state index in [0.29, 0.717) is 25.3 Å². The van der Waals surface area contributed by atoms with E-state index in [-0.39, 0.29) is 16.5 Å². The molecule has 0 aromatic heterocycles. The molecule has 0 saturated carbocycles. The van der Waals surface area contributed by atoms with Gasteiger partial charge in [-0.2, -0.15) is 0 Å². The average molecular weight is 407 g/mol. The van der Waals surface area contributed by atoms with E-state index in [1.807, 2.05) is 0 Å². The highest BCUT2D eigenvalue weighted by molar-refractivity contribution is 7.92. The molecular weight excluding hydrogens is 385 g/mol. The molecule has 2 N–H and O–H groups in total. The molecule has 7 nitrogen and oxygen atoms in total. The Kier molecular flexibility index (Phi) is 6.61. The summed E-state index contributed by atoms with van der Waals surface area (Å²) in [5.41, 5.74) is 0.633. The summed E-state index contributed by atoms with van der Waals surface area (Å²) in [6.45, 7) is 4.35. The number of ether oxygens (including phenoxy) is 1. The summed E-state index contributed by atoms with van der Waals surface area (Å²) < 4.78 is 45.4. The van der Waals surface area contributed by atoms with Crippen molar-refractivity contribution in [2.75, 3.05) is 44.1 Å². The van der Waals surface area contributed by atoms with Crippen LogP contribution >= 0.6 is 0 Å². The van der Waals surface area contributed by atoms with Crippen LogP contribution in [0.1, 0.15) is 10.4 Å². The van der Waals surface area contributed by atoms with Gasteiger partial charge < -0.3 is 10.1 Å². The Morgan fingerprint density at radius 2 is 1.68 bits per heavy atom. The third kappa shape index (κ3) is 5.51. The number of carbonyl (C=O) groups excluding carboxylic acids is 1. The number of amides is 1. The van der Waals surface area contributed by atoms with Crippen molar-refractivity contribution in [1.29, 1.82) is 0 Å². The van der Waals surface area contributed by atoms with Crippen molar-refractivity contribution in [2.24, 2.45) is 0 Å². The van der Waals surface area contributed by atoms with Crippen molar-refractivity contribution >= 4 is 21.6 Å². The van der Waals surface area contributed by atoms with Crippen molar-refractivity contribution in [3.05, 3.63) is 59.9 Å². The number of hydrogen-bond donors (Lipinski definition) is 2. The first-order valence-electron chi connectivity index (χ1n) is 8.91. The number of hydrogen-bond acceptors (Lipinski definition) is 5. The van der Waals surface area contributed by atoms with E-state index in [4.69, 9.17) is 4.74 Å². The number of sulfonamides is 1. The second-order valence-electron chi connectivity index (χ2n) is 6.35. The van der Waals surface area contributed by atoms with Gasteiger partial charge >= 0.3 is 0 Å². The number of benzene rings is 2. The maximum absolute atomic E-state index is 12.9. The van der Waals surface area contributed by atoms with Gasteiger partial charge in [-0.25, -0.2) is 12.8 Å². The molecule has 1 amide bonds. The molecule has 150 valence electrons. The summed E-state index contributed by atoms with van der Waals surface area (Å²) in [5.74, 6) is -0.712. The third-order valence-corrected chi connectivity index (χ3v) is 5.74. The van der Waals surface area contributed by atoms with Gasteiger partial charge in [0.15, 0.2) is 0 Å². The lowest BCUT2D eigenvalue weighted by Crippen LogP contribution is -2.41. The number of anilines is 1. The van der Waals surface area contributed by atoms with Crippen LogP contribution in [0.25, 0.3) is 0 Å². The highest BCUT2D eigenvalue weighted by Gasteiger charge is 2.16. The first-order chi connectivity index (χ1) is 13.4. The molecule has 0 aliphatic carbocycles. The van der Waals surface area contributed by atoms with Crippen LogP contribution in [0.5, 0.6) is 0 Å². The van der Waals surface area contributed by atoms with Gasteiger partial charge in [0.25, 0.3) is 15.9 Å². The van der Waals surface area contributed by atoms with Crippen molar-refractivity contribution in [3.8, 4) is 0 Å². The van der Waals surface area contributed by atoms with Crippen LogP contribution in [-0.2, 0) is 14.8 Å². The molecule has 0 bridgehead atoms. The largest absolute Gasteiger partial charge is 0.379 e. The predicted octanol–water partition coefficient (Wildman–Crippen LogP) is 1.69. The quantitative estimate of drug-likeness (QED) is 0.729. The molecule has 0 unspecified atom stereocenters. The first-order valence-corrected chi connectivity index (χ1v) is 10.4. The fourth-order valence-corrected chi connectivity index (χ4v) is 3.83. The van der Waals surface area contributed by atoms with Crippen molar-refractivity contribution in [1.82, 2.24) is 10.2 Å². The Labute approximate surface area is 163 Å². The second-order valence-corrected chi connectivity index (χ2v) is 8.03. The normalized spacial score (nSPS) is 15.2. The van der Waals surface area contributed by atoms with Gasteiger partial charge in [-0.1, -0.05) is 0 Å². The van der Waals surface area contributed by atoms with Crippen molar-refractivity contribution < 1.29 is 22.3 Å². The SMILES string of the molecule is O=C(NCCN1CCOCC1)c1ccc(S(=O)(=O)Nc2ccc(F)cc2)cc1. The fourth-order valence-electron chi connectivity index (χ4n) is 2.77. The van der Waals surface area contributed by atoms with Crippen LogP contribution in [0.3, 0.4) is 0 Å². The Morgan fingerprint density at radius 3 is 2.32 bits per heavy atom. The van der Waals surface area contributed by atoms with Gasteiger partial charge in [0.1, 0.15) is 5.82 Å². The molecular formula is C19H22FN3O4S. The highest BCUT2D eigenvalue weighted by Crippen LogP contribution is 2.17. The number of rotatable bonds is 7. The molecule has 28 heavy (non-hydrogen) atoms. The molecule has 0 spiro atoms. The molecule has 2 aromatic carbocycles. The number of nitrogens with one attached hydrogen (secondary N) is 2. The second kappa shape index (κ2) is 9.13. The minimum Gasteiger partial charge on any atom is -0.379 e. The van der Waals surface area contributed by atoms with Crippen LogP contribution in [0.2, 0.25) is 0 Å². The Morgan fingerprint density at radius 1 is 1.04 bits per heavy atom. The first kappa shape index (κ1) is 20.2. The number of halogens is 1. The van der Waals surface area contributed by atoms with Crippen LogP contribution < -0.4 is 10.0 Å². The lowest BCUT2D eigenvalue weighted by molar-refractivity contribution is 0.0383. The Balaban J connectivity index is 1.55. The highest BCUT2D eigenvalue weighted by atomic mass is 32.2. The number of nitrogens with zero attached hydrogens (tertiary/aromatic N) is 1. The lowest BCUT2D eigenvalue weighted by atomic mass is 10.2. The number of carbonyl (C=O) groups is 1. The Hall–Kier alpha value is -2.49. The predicted molar refractivity (Wildman–Crippen MR) is 103 cm³/mol. The maximum atomic E-state index is 12.9. The van der Waals surface area contributed by atoms with Crippen LogP contribution in [0.15, 0.2) is 53.4 Å². The van der Waals surface area contributed by atoms with Crippen molar-refractivity contribution in [3.63, 3.8) is 0 Å². The summed E-state index contributed by atoms with van der Waals surface area (Å²) in [4.78, 5) is 14.4. The molecule has 1 fully saturated rings. The molecule has 1 aliphatic heterocycles. The molecule has 0 atom stereocenters. The topological polar surface area (TPSA) is 87.7 Å². The summed E-state index contributed by atoms with van der Waals surface area (Å²) in [6.07, 6.45) is 0. The number of morpholine rings is 1. The minimum absolute atomic E-state index is 0.0155. The summed E-state index contributed by atoms with van der Waals surface area (Å²) in [6, 6.07) is 10.7. The molecule has 3 rings (SSSR count). The third-order valence-electron chi connectivity index (χ3n) is 4.34. The zero-order valence-corrected chi connectivity index (χ0v) is 16.0. The summed E-state index contributed by atoms with van der Waals surface area (Å²) in [7, 11) is -3.82. The van der Waals surface area contributed by atoms with Gasteiger partial charge in [0.2, 0.25) is 0 Å². The average Bonchev–Trinajstić information content (AvgIpc) is 2.70. The molecule has 1 heterocycles. The van der Waals surface area contributed by atoms with E-state index in [1.54, 1.807) is 0 Å². The standard InChI is InChI=1S/C19H22FN3O4S/c20-16-3-5-17(6-4-16)22-28(25,26)18-7-1-15(2-8-18)19(24)21-9-10-23-11-13-27-14-12-23/h1-8,22H,9-14H2,(H,21,24). The van der Waals surface area contributed by atoms with Gasteiger partial charge in [0.05, 0.1) is 18.1 Å². The lowest BCUT2D eigenvalue weighted by Gasteiger charge is -2.26. The van der Waals surface area contributed by atoms with E-state index in [1.165, 1.54) is 48.5 Å². The van der Waals surface area contributed by atoms with Crippen LogP contribution in [-0.4, -0.2) is 58.6 Å². The van der Waals surface area contributed by atoms with E-state index >= 15 is 0 Å². The summed E-state index contributed by atoms with van der Waals surface area (Å²) in [5, 5.41) is 2.83. The van der Waals surface area contributed by atoms with Gasteiger partial charge in [-0.15, -0.1) is 0 Å². The van der Waals surface area contributed by atoms with E-state index in [0.717, 1.165) is 19.6 Å². The maximum Gasteiger partial charge on any atom is 0.261 e. The van der Waals surface area contributed by atoms with E-state index in [2.05, 4.69) is 14.9 Å². The molecule has 2 aromatic rings. The van der Waals surface area contributed by atoms with E-state index < -0.39 is 15.8 Å². The Bertz CT molecular complexity index is 896. The summed E-state index contributed by atoms with van der Waals surface area (Å²) >= 11 is 0. The molecule has 9 heteroatoms. The zero-order chi connectivity index (χ0) is 20.0.